The molecule has 0 amide bonds. The Labute approximate surface area is 124 Å². The van der Waals surface area contributed by atoms with Crippen LogP contribution in [0.25, 0.3) is 5.69 Å². The predicted octanol–water partition coefficient (Wildman–Crippen LogP) is 3.69. The summed E-state index contributed by atoms with van der Waals surface area (Å²) in [7, 11) is 0. The second kappa shape index (κ2) is 5.58. The number of hydrogen-bond acceptors (Lipinski definition) is 2. The van der Waals surface area contributed by atoms with Crippen LogP contribution in [0.5, 0.6) is 0 Å². The van der Waals surface area contributed by atoms with Crippen LogP contribution in [-0.4, -0.2) is 16.3 Å². The Kier molecular flexibility index (Phi) is 3.81. The number of rotatable bonds is 3. The van der Waals surface area contributed by atoms with Gasteiger partial charge < -0.3 is 5.73 Å². The van der Waals surface area contributed by atoms with Crippen molar-refractivity contribution in [3.05, 3.63) is 47.2 Å². The highest BCUT2D eigenvalue weighted by molar-refractivity contribution is 6.32. The lowest BCUT2D eigenvalue weighted by Crippen LogP contribution is -2.37. The number of benzene rings is 1. The fraction of sp³-hybridized carbons (Fsp3) is 0.438. The Morgan fingerprint density at radius 2 is 2.05 bits per heavy atom. The van der Waals surface area contributed by atoms with Crippen molar-refractivity contribution in [1.82, 2.24) is 9.78 Å². The van der Waals surface area contributed by atoms with Crippen molar-refractivity contribution in [3.63, 3.8) is 0 Å². The van der Waals surface area contributed by atoms with Gasteiger partial charge in [-0.2, -0.15) is 5.10 Å². The first-order valence-corrected chi connectivity index (χ1v) is 7.63. The minimum absolute atomic E-state index is 0.116. The highest BCUT2D eigenvalue weighted by Crippen LogP contribution is 2.40. The van der Waals surface area contributed by atoms with Gasteiger partial charge in [0.05, 0.1) is 10.7 Å². The molecule has 3 nitrogen and oxygen atoms in total. The van der Waals surface area contributed by atoms with Crippen LogP contribution in [0.15, 0.2) is 36.7 Å². The van der Waals surface area contributed by atoms with Gasteiger partial charge in [0.25, 0.3) is 0 Å². The van der Waals surface area contributed by atoms with Crippen molar-refractivity contribution in [3.8, 4) is 5.69 Å². The van der Waals surface area contributed by atoms with Gasteiger partial charge in [-0.3, -0.25) is 0 Å². The Balaban J connectivity index is 1.97. The van der Waals surface area contributed by atoms with Crippen molar-refractivity contribution in [2.45, 2.75) is 37.5 Å². The third-order valence-corrected chi connectivity index (χ3v) is 4.82. The van der Waals surface area contributed by atoms with Gasteiger partial charge >= 0.3 is 0 Å². The van der Waals surface area contributed by atoms with Crippen LogP contribution in [0.1, 0.15) is 37.7 Å². The predicted molar refractivity (Wildman–Crippen MR) is 82.4 cm³/mol. The fourth-order valence-corrected chi connectivity index (χ4v) is 3.54. The van der Waals surface area contributed by atoms with Crippen molar-refractivity contribution < 1.29 is 0 Å². The Bertz CT molecular complexity index is 571. The molecule has 0 radical (unpaired) electrons. The van der Waals surface area contributed by atoms with Gasteiger partial charge in [0.2, 0.25) is 0 Å². The Morgan fingerprint density at radius 1 is 1.25 bits per heavy atom. The zero-order valence-electron chi connectivity index (χ0n) is 11.6. The zero-order valence-corrected chi connectivity index (χ0v) is 12.3. The molecular weight excluding hydrogens is 270 g/mol. The van der Waals surface area contributed by atoms with Gasteiger partial charge in [-0.1, -0.05) is 36.9 Å². The van der Waals surface area contributed by atoms with E-state index in [4.69, 9.17) is 17.3 Å². The lowest BCUT2D eigenvalue weighted by Gasteiger charge is -2.37. The largest absolute Gasteiger partial charge is 0.330 e. The molecule has 0 aliphatic heterocycles. The summed E-state index contributed by atoms with van der Waals surface area (Å²) in [5, 5.41) is 4.97. The third-order valence-electron chi connectivity index (χ3n) is 4.51. The molecular formula is C16H20ClN3. The van der Waals surface area contributed by atoms with E-state index >= 15 is 0 Å². The van der Waals surface area contributed by atoms with Crippen molar-refractivity contribution in [2.24, 2.45) is 5.73 Å². The summed E-state index contributed by atoms with van der Waals surface area (Å²) in [6.45, 7) is 0.699. The van der Waals surface area contributed by atoms with Crippen molar-refractivity contribution in [1.29, 1.82) is 0 Å². The summed E-state index contributed by atoms with van der Waals surface area (Å²) in [5.41, 5.74) is 8.41. The minimum Gasteiger partial charge on any atom is -0.330 e. The van der Waals surface area contributed by atoms with Crippen molar-refractivity contribution in [2.75, 3.05) is 6.54 Å². The van der Waals surface area contributed by atoms with E-state index in [-0.39, 0.29) is 5.41 Å². The molecule has 1 fully saturated rings. The summed E-state index contributed by atoms with van der Waals surface area (Å²) >= 11 is 6.46. The maximum Gasteiger partial charge on any atom is 0.0831 e. The molecule has 2 aromatic rings. The van der Waals surface area contributed by atoms with Gasteiger partial charge in [0, 0.05) is 24.4 Å². The van der Waals surface area contributed by atoms with E-state index in [1.807, 2.05) is 12.3 Å². The highest BCUT2D eigenvalue weighted by Gasteiger charge is 2.32. The highest BCUT2D eigenvalue weighted by atomic mass is 35.5. The smallest absolute Gasteiger partial charge is 0.0831 e. The van der Waals surface area contributed by atoms with Crippen LogP contribution in [-0.2, 0) is 5.41 Å². The molecule has 0 atom stereocenters. The van der Waals surface area contributed by atoms with E-state index in [2.05, 4.69) is 23.3 Å². The summed E-state index contributed by atoms with van der Waals surface area (Å²) in [4.78, 5) is 0. The fourth-order valence-electron chi connectivity index (χ4n) is 3.27. The van der Waals surface area contributed by atoms with Gasteiger partial charge in [-0.15, -0.1) is 0 Å². The Hall–Kier alpha value is -1.32. The van der Waals surface area contributed by atoms with Crippen LogP contribution in [0.2, 0.25) is 5.02 Å². The Morgan fingerprint density at radius 3 is 2.65 bits per heavy atom. The second-order valence-electron chi connectivity index (χ2n) is 5.66. The summed E-state index contributed by atoms with van der Waals surface area (Å²) < 4.78 is 1.79. The molecule has 1 aliphatic rings. The lowest BCUT2D eigenvalue weighted by molar-refractivity contribution is 0.301. The molecule has 106 valence electrons. The number of aromatic nitrogens is 2. The number of halogens is 1. The monoisotopic (exact) mass is 289 g/mol. The third kappa shape index (κ3) is 2.36. The van der Waals surface area contributed by atoms with E-state index in [1.165, 1.54) is 37.7 Å². The van der Waals surface area contributed by atoms with Crippen molar-refractivity contribution >= 4 is 11.6 Å². The molecule has 0 bridgehead atoms. The molecule has 1 heterocycles. The quantitative estimate of drug-likeness (QED) is 0.936. The number of nitrogens with two attached hydrogens (primary N) is 1. The van der Waals surface area contributed by atoms with Crippen LogP contribution in [0, 0.1) is 0 Å². The van der Waals surface area contributed by atoms with Crippen LogP contribution >= 0.6 is 11.6 Å². The molecule has 4 heteroatoms. The molecule has 1 saturated carbocycles. The maximum absolute atomic E-state index is 6.46. The first kappa shape index (κ1) is 13.7. The molecule has 0 unspecified atom stereocenters. The first-order valence-electron chi connectivity index (χ1n) is 7.25. The molecule has 1 aromatic heterocycles. The molecule has 1 aromatic carbocycles. The molecule has 1 aliphatic carbocycles. The van der Waals surface area contributed by atoms with E-state index in [9.17, 15) is 0 Å². The van der Waals surface area contributed by atoms with Crippen LogP contribution in [0.4, 0.5) is 0 Å². The van der Waals surface area contributed by atoms with E-state index in [0.717, 1.165) is 10.7 Å². The topological polar surface area (TPSA) is 43.8 Å². The normalized spacial score (nSPS) is 18.1. The standard InChI is InChI=1S/C16H20ClN3/c17-14-11-13(16(12-18)7-2-1-3-8-16)5-6-15(14)20-10-4-9-19-20/h4-6,9-11H,1-3,7-8,12,18H2. The number of nitrogens with zero attached hydrogens (tertiary/aromatic N) is 2. The van der Waals surface area contributed by atoms with Crippen LogP contribution < -0.4 is 5.73 Å². The minimum atomic E-state index is 0.116. The zero-order chi connectivity index (χ0) is 14.0. The first-order chi connectivity index (χ1) is 9.75. The van der Waals surface area contributed by atoms with Gasteiger partial charge in [-0.05, 0) is 36.6 Å². The van der Waals surface area contributed by atoms with E-state index < -0.39 is 0 Å². The van der Waals surface area contributed by atoms with Gasteiger partial charge in [0.1, 0.15) is 0 Å². The summed E-state index contributed by atoms with van der Waals surface area (Å²) in [5.74, 6) is 0. The average molecular weight is 290 g/mol. The van der Waals surface area contributed by atoms with Crippen LogP contribution in [0.3, 0.4) is 0 Å². The lowest BCUT2D eigenvalue weighted by atomic mass is 9.69. The molecule has 20 heavy (non-hydrogen) atoms. The van der Waals surface area contributed by atoms with E-state index in [0.29, 0.717) is 6.54 Å². The summed E-state index contributed by atoms with van der Waals surface area (Å²) in [6, 6.07) is 8.20. The molecule has 3 rings (SSSR count). The summed E-state index contributed by atoms with van der Waals surface area (Å²) in [6.07, 6.45) is 9.83. The van der Waals surface area contributed by atoms with E-state index in [1.54, 1.807) is 10.9 Å². The second-order valence-corrected chi connectivity index (χ2v) is 6.07. The number of hydrogen-bond donors (Lipinski definition) is 1. The maximum atomic E-state index is 6.46. The van der Waals surface area contributed by atoms with Gasteiger partial charge in [-0.25, -0.2) is 4.68 Å². The molecule has 0 saturated heterocycles. The molecule has 2 N–H and O–H groups in total. The SMILES string of the molecule is NCC1(c2ccc(-n3cccn3)c(Cl)c2)CCCCC1. The average Bonchev–Trinajstić information content (AvgIpc) is 3.02. The van der Waals surface area contributed by atoms with Gasteiger partial charge in [0.15, 0.2) is 0 Å². The molecule has 0 spiro atoms.